The minimum Gasteiger partial charge on any atom is -0.481 e. The minimum atomic E-state index is -0.971. The highest BCUT2D eigenvalue weighted by Crippen LogP contribution is 2.31. The van der Waals surface area contributed by atoms with Crippen molar-refractivity contribution in [3.05, 3.63) is 70.3 Å². The molecule has 0 saturated carbocycles. The monoisotopic (exact) mass is 407 g/mol. The molecule has 2 heterocycles. The van der Waals surface area contributed by atoms with E-state index in [2.05, 4.69) is 18.0 Å². The maximum Gasteiger partial charge on any atom is 0.330 e. The second kappa shape index (κ2) is 7.84. The van der Waals surface area contributed by atoms with Crippen LogP contribution in [0.3, 0.4) is 0 Å². The average molecular weight is 407 g/mol. The molecule has 0 spiro atoms. The molecule has 7 heteroatoms. The fourth-order valence-electron chi connectivity index (χ4n) is 4.41. The van der Waals surface area contributed by atoms with Gasteiger partial charge in [-0.15, -0.1) is 0 Å². The van der Waals surface area contributed by atoms with Crippen LogP contribution >= 0.6 is 0 Å². The summed E-state index contributed by atoms with van der Waals surface area (Å²) >= 11 is 0. The van der Waals surface area contributed by atoms with E-state index in [9.17, 15) is 14.7 Å². The van der Waals surface area contributed by atoms with Crippen LogP contribution in [0.4, 0.5) is 0 Å². The van der Waals surface area contributed by atoms with Crippen molar-refractivity contribution in [2.45, 2.75) is 32.4 Å². The Labute approximate surface area is 173 Å². The quantitative estimate of drug-likeness (QED) is 0.487. The van der Waals surface area contributed by atoms with Gasteiger partial charge in [0.15, 0.2) is 0 Å². The predicted octanol–water partition coefficient (Wildman–Crippen LogP) is 3.86. The van der Waals surface area contributed by atoms with Gasteiger partial charge in [0.25, 0.3) is 0 Å². The molecular weight excluding hydrogens is 382 g/mol. The van der Waals surface area contributed by atoms with Gasteiger partial charge in [0.1, 0.15) is 0 Å². The first-order valence-corrected chi connectivity index (χ1v) is 9.92. The van der Waals surface area contributed by atoms with E-state index in [-0.39, 0.29) is 24.8 Å². The molecule has 0 fully saturated rings. The molecule has 0 aliphatic carbocycles. The molecule has 30 heavy (non-hydrogen) atoms. The molecular formula is C23H25N3O4. The summed E-state index contributed by atoms with van der Waals surface area (Å²) < 4.78 is 8.55. The van der Waals surface area contributed by atoms with Crippen LogP contribution in [-0.4, -0.2) is 38.9 Å². The fourth-order valence-corrected chi connectivity index (χ4v) is 4.41. The third-order valence-corrected chi connectivity index (χ3v) is 5.73. The number of hydrogen-bond donors (Lipinski definition) is 2. The highest BCUT2D eigenvalue weighted by molar-refractivity contribution is 5.87. The van der Waals surface area contributed by atoms with Crippen molar-refractivity contribution in [3.8, 4) is 0 Å². The zero-order chi connectivity index (χ0) is 21.4. The van der Waals surface area contributed by atoms with E-state index < -0.39 is 12.0 Å². The van der Waals surface area contributed by atoms with E-state index in [0.29, 0.717) is 5.52 Å². The minimum absolute atomic E-state index is 0.140. The van der Waals surface area contributed by atoms with Crippen LogP contribution in [0.15, 0.2) is 53.5 Å². The number of aryl methyl sites for hydroxylation is 1. The van der Waals surface area contributed by atoms with Crippen LogP contribution in [0.25, 0.3) is 21.9 Å². The lowest BCUT2D eigenvalue weighted by molar-refractivity contribution is -0.138. The second-order valence-electron chi connectivity index (χ2n) is 7.64. The lowest BCUT2D eigenvalue weighted by atomic mass is 10.0. The number of imidazole rings is 1. The molecule has 0 aliphatic rings. The highest BCUT2D eigenvalue weighted by Gasteiger charge is 2.26. The number of H-pyrrole nitrogens is 1. The first kappa shape index (κ1) is 20.0. The molecule has 0 aliphatic heterocycles. The zero-order valence-electron chi connectivity index (χ0n) is 17.3. The van der Waals surface area contributed by atoms with E-state index >= 15 is 0 Å². The molecule has 0 radical (unpaired) electrons. The molecule has 4 aromatic rings. The number of methoxy groups -OCH3 is 1. The summed E-state index contributed by atoms with van der Waals surface area (Å²) in [6.45, 7) is 4.19. The third kappa shape index (κ3) is 3.21. The van der Waals surface area contributed by atoms with Gasteiger partial charge in [-0.25, -0.2) is 4.79 Å². The number of nitrogens with zero attached hydrogens (tertiary/aromatic N) is 2. The van der Waals surface area contributed by atoms with Gasteiger partial charge in [-0.1, -0.05) is 24.3 Å². The van der Waals surface area contributed by atoms with E-state index in [0.717, 1.165) is 27.5 Å². The number of nitrogens with one attached hydrogen (secondary N) is 1. The fraction of sp³-hybridized carbons (Fsp3) is 0.304. The zero-order valence-corrected chi connectivity index (χ0v) is 17.3. The molecule has 156 valence electrons. The number of hydrogen-bond acceptors (Lipinski definition) is 3. The first-order chi connectivity index (χ1) is 14.4. The van der Waals surface area contributed by atoms with Gasteiger partial charge in [-0.2, -0.15) is 0 Å². The Hall–Kier alpha value is -3.32. The SMILES string of the molecule is COCC(CC(=O)O)n1c(=O)n(C(C)c2c[nH]c3cccc(C)c23)c2ccccc21. The van der Waals surface area contributed by atoms with Crippen molar-refractivity contribution in [1.29, 1.82) is 0 Å². The summed E-state index contributed by atoms with van der Waals surface area (Å²) in [5.41, 5.74) is 4.41. The van der Waals surface area contributed by atoms with Crippen LogP contribution in [0.2, 0.25) is 0 Å². The highest BCUT2D eigenvalue weighted by atomic mass is 16.5. The van der Waals surface area contributed by atoms with Crippen molar-refractivity contribution in [2.75, 3.05) is 13.7 Å². The van der Waals surface area contributed by atoms with Gasteiger partial charge in [0, 0.05) is 29.8 Å². The number of carboxylic acid groups (broad SMARTS) is 1. The van der Waals surface area contributed by atoms with Gasteiger partial charge in [0.2, 0.25) is 0 Å². The molecule has 2 aromatic carbocycles. The number of carboxylic acids is 1. The molecule has 2 N–H and O–H groups in total. The van der Waals surface area contributed by atoms with Crippen LogP contribution < -0.4 is 5.69 Å². The summed E-state index contributed by atoms with van der Waals surface area (Å²) in [6.07, 6.45) is 1.76. The molecule has 0 amide bonds. The number of aliphatic carboxylic acids is 1. The Bertz CT molecular complexity index is 1280. The Morgan fingerprint density at radius 3 is 2.50 bits per heavy atom. The smallest absolute Gasteiger partial charge is 0.330 e. The largest absolute Gasteiger partial charge is 0.481 e. The Balaban J connectivity index is 1.94. The molecule has 2 atom stereocenters. The van der Waals surface area contributed by atoms with E-state index in [1.807, 2.05) is 49.5 Å². The Kier molecular flexibility index (Phi) is 5.22. The normalized spacial score (nSPS) is 13.7. The molecule has 0 bridgehead atoms. The van der Waals surface area contributed by atoms with Crippen molar-refractivity contribution in [3.63, 3.8) is 0 Å². The van der Waals surface area contributed by atoms with Gasteiger partial charge in [0.05, 0.1) is 36.1 Å². The summed E-state index contributed by atoms with van der Waals surface area (Å²) in [4.78, 5) is 28.3. The molecule has 0 saturated heterocycles. The number of rotatable bonds is 7. The number of ether oxygens (including phenoxy) is 1. The first-order valence-electron chi connectivity index (χ1n) is 9.92. The predicted molar refractivity (Wildman–Crippen MR) is 116 cm³/mol. The van der Waals surface area contributed by atoms with Crippen LogP contribution in [0.1, 0.15) is 36.6 Å². The van der Waals surface area contributed by atoms with Gasteiger partial charge >= 0.3 is 11.7 Å². The summed E-state index contributed by atoms with van der Waals surface area (Å²) in [6, 6.07) is 12.7. The van der Waals surface area contributed by atoms with Gasteiger partial charge in [-0.05, 0) is 37.6 Å². The maximum absolute atomic E-state index is 13.6. The lowest BCUT2D eigenvalue weighted by Crippen LogP contribution is -2.32. The summed E-state index contributed by atoms with van der Waals surface area (Å²) in [7, 11) is 1.51. The van der Waals surface area contributed by atoms with Crippen LogP contribution in [0.5, 0.6) is 0 Å². The third-order valence-electron chi connectivity index (χ3n) is 5.73. The lowest BCUT2D eigenvalue weighted by Gasteiger charge is -2.16. The Morgan fingerprint density at radius 2 is 1.83 bits per heavy atom. The van der Waals surface area contributed by atoms with Crippen molar-refractivity contribution < 1.29 is 14.6 Å². The number of benzene rings is 2. The average Bonchev–Trinajstić information content (AvgIpc) is 3.26. The van der Waals surface area contributed by atoms with Crippen molar-refractivity contribution >= 4 is 27.9 Å². The second-order valence-corrected chi connectivity index (χ2v) is 7.64. The number of aromatic amines is 1. The van der Waals surface area contributed by atoms with Gasteiger partial charge < -0.3 is 14.8 Å². The Morgan fingerprint density at radius 1 is 1.13 bits per heavy atom. The number of fused-ring (bicyclic) bond motifs is 2. The topological polar surface area (TPSA) is 89.2 Å². The molecule has 2 aromatic heterocycles. The van der Waals surface area contributed by atoms with Crippen LogP contribution in [-0.2, 0) is 9.53 Å². The van der Waals surface area contributed by atoms with Crippen molar-refractivity contribution in [2.24, 2.45) is 0 Å². The van der Waals surface area contributed by atoms with Crippen LogP contribution in [0, 0.1) is 6.92 Å². The number of aromatic nitrogens is 3. The molecule has 2 unspecified atom stereocenters. The molecule has 7 nitrogen and oxygen atoms in total. The molecule has 4 rings (SSSR count). The number of carbonyl (C=O) groups is 1. The standard InChI is InChI=1S/C23H25N3O4/c1-14-7-6-8-18-22(14)17(12-24-18)15(2)25-19-9-4-5-10-20(19)26(23(25)29)16(13-30-3)11-21(27)28/h4-10,12,15-16,24H,11,13H2,1-3H3,(H,27,28). The summed E-state index contributed by atoms with van der Waals surface area (Å²) in [5.74, 6) is -0.971. The summed E-state index contributed by atoms with van der Waals surface area (Å²) in [5, 5.41) is 10.5. The van der Waals surface area contributed by atoms with E-state index in [1.54, 1.807) is 9.13 Å². The number of para-hydroxylation sites is 2. The van der Waals surface area contributed by atoms with E-state index in [4.69, 9.17) is 4.74 Å². The van der Waals surface area contributed by atoms with Crippen molar-refractivity contribution in [1.82, 2.24) is 14.1 Å². The van der Waals surface area contributed by atoms with E-state index in [1.165, 1.54) is 7.11 Å². The van der Waals surface area contributed by atoms with Gasteiger partial charge in [-0.3, -0.25) is 13.9 Å². The maximum atomic E-state index is 13.6.